The molecule has 0 saturated heterocycles. The lowest BCUT2D eigenvalue weighted by Crippen LogP contribution is -2.12. The second-order valence-electron chi connectivity index (χ2n) is 4.41. The number of rotatable bonds is 6. The van der Waals surface area contributed by atoms with Gasteiger partial charge in [-0.1, -0.05) is 0 Å². The van der Waals surface area contributed by atoms with E-state index >= 15 is 0 Å². The summed E-state index contributed by atoms with van der Waals surface area (Å²) < 4.78 is 6.96. The molecule has 3 N–H and O–H groups in total. The van der Waals surface area contributed by atoms with Crippen LogP contribution in [0.3, 0.4) is 0 Å². The highest BCUT2D eigenvalue weighted by molar-refractivity contribution is 5.96. The van der Waals surface area contributed by atoms with Crippen molar-refractivity contribution in [3.63, 3.8) is 0 Å². The third-order valence-electron chi connectivity index (χ3n) is 3.01. The molecule has 0 saturated carbocycles. The summed E-state index contributed by atoms with van der Waals surface area (Å²) in [6.45, 7) is 5.35. The van der Waals surface area contributed by atoms with Gasteiger partial charge in [0.25, 0.3) is 0 Å². The van der Waals surface area contributed by atoms with E-state index in [0.717, 1.165) is 12.4 Å². The minimum absolute atomic E-state index is 0.317. The topological polar surface area (TPSA) is 95.1 Å². The number of nitrogens with two attached hydrogens (primary N) is 1. The Kier molecular flexibility index (Phi) is 4.76. The number of hydrogen-bond acceptors (Lipinski definition) is 6. The summed E-state index contributed by atoms with van der Waals surface area (Å²) in [7, 11) is 0. The second-order valence-corrected chi connectivity index (χ2v) is 4.41. The van der Waals surface area contributed by atoms with Gasteiger partial charge in [0.1, 0.15) is 6.33 Å². The molecule has 0 atom stereocenters. The lowest BCUT2D eigenvalue weighted by Gasteiger charge is -2.12. The van der Waals surface area contributed by atoms with Gasteiger partial charge in [-0.2, -0.15) is 0 Å². The van der Waals surface area contributed by atoms with Crippen molar-refractivity contribution >= 4 is 17.3 Å². The van der Waals surface area contributed by atoms with Gasteiger partial charge in [0.15, 0.2) is 5.82 Å². The number of carbonyl (C=O) groups is 1. The van der Waals surface area contributed by atoms with Gasteiger partial charge < -0.3 is 20.4 Å². The number of nitrogen functional groups attached to an aromatic ring is 1. The van der Waals surface area contributed by atoms with Crippen molar-refractivity contribution in [1.82, 2.24) is 14.8 Å². The highest BCUT2D eigenvalue weighted by Gasteiger charge is 2.13. The first-order chi connectivity index (χ1) is 10.2. The largest absolute Gasteiger partial charge is 0.462 e. The molecule has 7 nitrogen and oxygen atoms in total. The third kappa shape index (κ3) is 3.50. The summed E-state index contributed by atoms with van der Waals surface area (Å²) in [6, 6.07) is 5.09. The van der Waals surface area contributed by atoms with Crippen LogP contribution in [0.15, 0.2) is 24.5 Å². The van der Waals surface area contributed by atoms with E-state index in [4.69, 9.17) is 10.5 Å². The van der Waals surface area contributed by atoms with E-state index < -0.39 is 5.97 Å². The average Bonchev–Trinajstić information content (AvgIpc) is 2.93. The number of esters is 1. The number of aromatic nitrogens is 3. The molecule has 0 aliphatic carbocycles. The first kappa shape index (κ1) is 14.8. The Morgan fingerprint density at radius 3 is 2.95 bits per heavy atom. The first-order valence-electron chi connectivity index (χ1n) is 6.82. The van der Waals surface area contributed by atoms with Crippen molar-refractivity contribution in [3.8, 4) is 0 Å². The smallest absolute Gasteiger partial charge is 0.340 e. The van der Waals surface area contributed by atoms with E-state index in [1.807, 2.05) is 11.5 Å². The monoisotopic (exact) mass is 289 g/mol. The molecule has 1 aromatic heterocycles. The predicted molar refractivity (Wildman–Crippen MR) is 79.8 cm³/mol. The second kappa shape index (κ2) is 6.74. The Morgan fingerprint density at radius 1 is 1.43 bits per heavy atom. The molecule has 0 fully saturated rings. The van der Waals surface area contributed by atoms with Crippen LogP contribution in [-0.4, -0.2) is 27.3 Å². The highest BCUT2D eigenvalue weighted by atomic mass is 16.5. The quantitative estimate of drug-likeness (QED) is 0.620. The number of anilines is 2. The summed E-state index contributed by atoms with van der Waals surface area (Å²) >= 11 is 0. The van der Waals surface area contributed by atoms with Gasteiger partial charge in [-0.3, -0.25) is 0 Å². The van der Waals surface area contributed by atoms with Crippen molar-refractivity contribution in [2.24, 2.45) is 0 Å². The zero-order valence-corrected chi connectivity index (χ0v) is 12.2. The number of hydrogen-bond donors (Lipinski definition) is 2. The van der Waals surface area contributed by atoms with Gasteiger partial charge >= 0.3 is 5.97 Å². The van der Waals surface area contributed by atoms with E-state index in [-0.39, 0.29) is 0 Å². The summed E-state index contributed by atoms with van der Waals surface area (Å²) in [5.74, 6) is 0.397. The number of ether oxygens (including phenoxy) is 1. The van der Waals surface area contributed by atoms with Gasteiger partial charge in [-0.25, -0.2) is 4.79 Å². The SMILES string of the molecule is CCOC(=O)c1cc(N)ccc1NCc1nncn1CC. The molecule has 0 spiro atoms. The van der Waals surface area contributed by atoms with Crippen LogP contribution in [0.2, 0.25) is 0 Å². The van der Waals surface area contributed by atoms with E-state index in [1.54, 1.807) is 31.5 Å². The Hall–Kier alpha value is -2.57. The maximum absolute atomic E-state index is 12.0. The van der Waals surface area contributed by atoms with Crippen molar-refractivity contribution in [3.05, 3.63) is 35.9 Å². The molecule has 7 heteroatoms. The van der Waals surface area contributed by atoms with Crippen molar-refractivity contribution < 1.29 is 9.53 Å². The van der Waals surface area contributed by atoms with E-state index in [2.05, 4.69) is 15.5 Å². The standard InChI is InChI=1S/C14H19N5O2/c1-3-19-9-17-18-13(19)8-16-12-6-5-10(15)7-11(12)14(20)21-4-2/h5-7,9,16H,3-4,8,15H2,1-2H3. The van der Waals surface area contributed by atoms with Crippen LogP contribution in [0.1, 0.15) is 30.0 Å². The minimum Gasteiger partial charge on any atom is -0.462 e. The summed E-state index contributed by atoms with van der Waals surface area (Å²) in [5, 5.41) is 11.1. The molecule has 0 unspecified atom stereocenters. The van der Waals surface area contributed by atoms with Crippen LogP contribution >= 0.6 is 0 Å². The lowest BCUT2D eigenvalue weighted by atomic mass is 10.1. The van der Waals surface area contributed by atoms with E-state index in [9.17, 15) is 4.79 Å². The zero-order chi connectivity index (χ0) is 15.2. The zero-order valence-electron chi connectivity index (χ0n) is 12.2. The van der Waals surface area contributed by atoms with Gasteiger partial charge in [-0.05, 0) is 32.0 Å². The average molecular weight is 289 g/mol. The Balaban J connectivity index is 2.17. The van der Waals surface area contributed by atoms with Crippen molar-refractivity contribution in [1.29, 1.82) is 0 Å². The molecule has 0 aliphatic rings. The maximum Gasteiger partial charge on any atom is 0.340 e. The number of aryl methyl sites for hydroxylation is 1. The van der Waals surface area contributed by atoms with Crippen molar-refractivity contribution in [2.75, 3.05) is 17.7 Å². The summed E-state index contributed by atoms with van der Waals surface area (Å²) in [4.78, 5) is 12.0. The van der Waals surface area contributed by atoms with Crippen LogP contribution in [0.25, 0.3) is 0 Å². The minimum atomic E-state index is -0.399. The van der Waals surface area contributed by atoms with Gasteiger partial charge in [0, 0.05) is 17.9 Å². The predicted octanol–water partition coefficient (Wildman–Crippen LogP) is 1.67. The van der Waals surface area contributed by atoms with Crippen molar-refractivity contribution in [2.45, 2.75) is 26.9 Å². The van der Waals surface area contributed by atoms with Crippen LogP contribution < -0.4 is 11.1 Å². The fourth-order valence-electron chi connectivity index (χ4n) is 1.95. The van der Waals surface area contributed by atoms with Crippen LogP contribution in [0.5, 0.6) is 0 Å². The van der Waals surface area contributed by atoms with E-state index in [0.29, 0.717) is 30.1 Å². The normalized spacial score (nSPS) is 10.4. The van der Waals surface area contributed by atoms with Crippen LogP contribution in [0.4, 0.5) is 11.4 Å². The Bertz CT molecular complexity index is 624. The fourth-order valence-corrected chi connectivity index (χ4v) is 1.95. The molecule has 0 bridgehead atoms. The van der Waals surface area contributed by atoms with E-state index in [1.165, 1.54) is 0 Å². The molecular weight excluding hydrogens is 270 g/mol. The highest BCUT2D eigenvalue weighted by Crippen LogP contribution is 2.20. The molecule has 2 aromatic rings. The third-order valence-corrected chi connectivity index (χ3v) is 3.01. The Morgan fingerprint density at radius 2 is 2.24 bits per heavy atom. The fraction of sp³-hybridized carbons (Fsp3) is 0.357. The maximum atomic E-state index is 12.0. The van der Waals surface area contributed by atoms with Crippen LogP contribution in [-0.2, 0) is 17.8 Å². The molecule has 0 amide bonds. The molecule has 0 radical (unpaired) electrons. The van der Waals surface area contributed by atoms with Gasteiger partial charge in [0.2, 0.25) is 0 Å². The number of nitrogens with one attached hydrogen (secondary N) is 1. The lowest BCUT2D eigenvalue weighted by molar-refractivity contribution is 0.0527. The molecule has 2 rings (SSSR count). The number of carbonyl (C=O) groups excluding carboxylic acids is 1. The molecule has 0 aliphatic heterocycles. The van der Waals surface area contributed by atoms with Gasteiger partial charge in [-0.15, -0.1) is 10.2 Å². The molecule has 112 valence electrons. The number of benzene rings is 1. The Labute approximate surface area is 123 Å². The summed E-state index contributed by atoms with van der Waals surface area (Å²) in [6.07, 6.45) is 1.67. The van der Waals surface area contributed by atoms with Crippen LogP contribution in [0, 0.1) is 0 Å². The molecule has 1 aromatic carbocycles. The molecular formula is C14H19N5O2. The first-order valence-corrected chi connectivity index (χ1v) is 6.82. The molecule has 21 heavy (non-hydrogen) atoms. The summed E-state index contributed by atoms with van der Waals surface area (Å²) in [5.41, 5.74) is 7.33. The van der Waals surface area contributed by atoms with Gasteiger partial charge in [0.05, 0.1) is 18.7 Å². The number of nitrogens with zero attached hydrogens (tertiary/aromatic N) is 3. The molecule has 1 heterocycles.